The average molecular weight is 267 g/mol. The fourth-order valence-corrected chi connectivity index (χ4v) is 3.42. The second-order valence-electron chi connectivity index (χ2n) is 4.48. The van der Waals surface area contributed by atoms with E-state index >= 15 is 0 Å². The third kappa shape index (κ3) is 1.50. The lowest BCUT2D eigenvalue weighted by atomic mass is 10.2. The zero-order chi connectivity index (χ0) is 13.0. The number of hydrogen-bond acceptors (Lipinski definition) is 4. The highest BCUT2D eigenvalue weighted by Gasteiger charge is 2.09. The molecule has 0 bridgehead atoms. The number of benzene rings is 2. The summed E-state index contributed by atoms with van der Waals surface area (Å²) < 4.78 is 7.45. The van der Waals surface area contributed by atoms with Gasteiger partial charge in [-0.25, -0.2) is 4.98 Å². The normalized spacial score (nSPS) is 11.6. The predicted molar refractivity (Wildman–Crippen MR) is 77.9 cm³/mol. The van der Waals surface area contributed by atoms with E-state index in [0.717, 1.165) is 25.9 Å². The van der Waals surface area contributed by atoms with Gasteiger partial charge in [0.15, 0.2) is 16.9 Å². The molecule has 2 aromatic heterocycles. The molecular formula is C15H9NO2S. The summed E-state index contributed by atoms with van der Waals surface area (Å²) in [5.74, 6) is 0.618. The van der Waals surface area contributed by atoms with E-state index in [-0.39, 0.29) is 5.43 Å². The van der Waals surface area contributed by atoms with Gasteiger partial charge in [0.05, 0.1) is 0 Å². The number of aromatic nitrogens is 1. The molecule has 0 N–H and O–H groups in total. The van der Waals surface area contributed by atoms with Gasteiger partial charge in [0, 0.05) is 33.2 Å². The highest BCUT2D eigenvalue weighted by atomic mass is 32.1. The molecule has 4 rings (SSSR count). The van der Waals surface area contributed by atoms with Crippen LogP contribution in [0.25, 0.3) is 31.3 Å². The first kappa shape index (κ1) is 10.7. The van der Waals surface area contributed by atoms with Crippen molar-refractivity contribution in [1.82, 2.24) is 4.98 Å². The van der Waals surface area contributed by atoms with Crippen LogP contribution in [0.5, 0.6) is 0 Å². The van der Waals surface area contributed by atoms with Crippen molar-refractivity contribution in [2.24, 2.45) is 0 Å². The highest BCUT2D eigenvalue weighted by molar-refractivity contribution is 7.24. The molecule has 19 heavy (non-hydrogen) atoms. The third-order valence-corrected chi connectivity index (χ3v) is 4.33. The smallest absolute Gasteiger partial charge is 0.195 e. The number of fused-ring (bicyclic) bond motifs is 3. The minimum absolute atomic E-state index is 0.0619. The van der Waals surface area contributed by atoms with Crippen LogP contribution < -0.4 is 5.43 Å². The van der Waals surface area contributed by atoms with Crippen LogP contribution >= 0.6 is 11.3 Å². The van der Waals surface area contributed by atoms with Gasteiger partial charge in [-0.3, -0.25) is 4.79 Å². The lowest BCUT2D eigenvalue weighted by Crippen LogP contribution is -2.00. The summed E-state index contributed by atoms with van der Waals surface area (Å²) in [6.07, 6.45) is 0. The van der Waals surface area contributed by atoms with E-state index in [0.29, 0.717) is 11.3 Å². The molecule has 0 radical (unpaired) electrons. The first-order chi connectivity index (χ1) is 9.22. The van der Waals surface area contributed by atoms with Crippen molar-refractivity contribution in [2.45, 2.75) is 6.92 Å². The molecule has 0 atom stereocenters. The van der Waals surface area contributed by atoms with Crippen LogP contribution in [-0.2, 0) is 0 Å². The van der Waals surface area contributed by atoms with Gasteiger partial charge >= 0.3 is 0 Å². The SMILES string of the molecule is Cc1nc2cc3c(=O)c4ccccc4sc3cc2o1. The van der Waals surface area contributed by atoms with E-state index in [2.05, 4.69) is 4.98 Å². The molecule has 0 saturated heterocycles. The van der Waals surface area contributed by atoms with Gasteiger partial charge in [-0.1, -0.05) is 12.1 Å². The van der Waals surface area contributed by atoms with Crippen molar-refractivity contribution in [3.8, 4) is 0 Å². The summed E-state index contributed by atoms with van der Waals surface area (Å²) in [5, 5.41) is 1.48. The Kier molecular flexibility index (Phi) is 2.05. The van der Waals surface area contributed by atoms with Crippen LogP contribution in [0.2, 0.25) is 0 Å². The van der Waals surface area contributed by atoms with Gasteiger partial charge in [0.1, 0.15) is 5.52 Å². The second-order valence-corrected chi connectivity index (χ2v) is 5.56. The maximum absolute atomic E-state index is 12.5. The van der Waals surface area contributed by atoms with Crippen molar-refractivity contribution < 1.29 is 4.42 Å². The molecule has 0 saturated carbocycles. The molecule has 0 spiro atoms. The fourth-order valence-electron chi connectivity index (χ4n) is 2.34. The summed E-state index contributed by atoms with van der Waals surface area (Å²) >= 11 is 1.60. The Morgan fingerprint density at radius 1 is 1.11 bits per heavy atom. The first-order valence-corrected chi connectivity index (χ1v) is 6.77. The molecule has 0 aliphatic carbocycles. The molecule has 0 unspecified atom stereocenters. The molecular weight excluding hydrogens is 258 g/mol. The minimum Gasteiger partial charge on any atom is -0.441 e. The standard InChI is InChI=1S/C15H9NO2S/c1-8-16-11-6-10-14(7-12(11)18-8)19-13-5-3-2-4-9(13)15(10)17/h2-7H,1H3. The summed E-state index contributed by atoms with van der Waals surface area (Å²) in [6, 6.07) is 11.4. The lowest BCUT2D eigenvalue weighted by Gasteiger charge is -2.00. The van der Waals surface area contributed by atoms with Crippen molar-refractivity contribution in [3.05, 3.63) is 52.5 Å². The Bertz CT molecular complexity index is 997. The lowest BCUT2D eigenvalue weighted by molar-refractivity contribution is 0.561. The van der Waals surface area contributed by atoms with Crippen LogP contribution in [0.15, 0.2) is 45.6 Å². The average Bonchev–Trinajstić information content (AvgIpc) is 2.76. The number of oxazole rings is 1. The minimum atomic E-state index is 0.0619. The topological polar surface area (TPSA) is 43.1 Å². The Morgan fingerprint density at radius 2 is 1.95 bits per heavy atom. The van der Waals surface area contributed by atoms with E-state index in [1.165, 1.54) is 0 Å². The van der Waals surface area contributed by atoms with E-state index in [9.17, 15) is 4.79 Å². The van der Waals surface area contributed by atoms with E-state index in [1.807, 2.05) is 43.3 Å². The number of hydrogen-bond donors (Lipinski definition) is 0. The zero-order valence-corrected chi connectivity index (χ0v) is 11.0. The van der Waals surface area contributed by atoms with Gasteiger partial charge in [-0.15, -0.1) is 11.3 Å². The number of aryl methyl sites for hydroxylation is 1. The van der Waals surface area contributed by atoms with E-state index < -0.39 is 0 Å². The third-order valence-electron chi connectivity index (χ3n) is 3.19. The van der Waals surface area contributed by atoms with Crippen molar-refractivity contribution in [1.29, 1.82) is 0 Å². The Hall–Kier alpha value is -2.20. The molecule has 0 fully saturated rings. The van der Waals surface area contributed by atoms with Crippen molar-refractivity contribution in [3.63, 3.8) is 0 Å². The Morgan fingerprint density at radius 3 is 2.84 bits per heavy atom. The molecule has 3 nitrogen and oxygen atoms in total. The monoisotopic (exact) mass is 267 g/mol. The molecule has 92 valence electrons. The highest BCUT2D eigenvalue weighted by Crippen LogP contribution is 2.28. The molecule has 4 heteroatoms. The van der Waals surface area contributed by atoms with Gasteiger partial charge < -0.3 is 4.42 Å². The summed E-state index contributed by atoms with van der Waals surface area (Å²) in [7, 11) is 0. The fraction of sp³-hybridized carbons (Fsp3) is 0.0667. The Labute approximate surface area is 112 Å². The van der Waals surface area contributed by atoms with Gasteiger partial charge in [-0.05, 0) is 18.2 Å². The van der Waals surface area contributed by atoms with Crippen LogP contribution in [0.3, 0.4) is 0 Å². The quantitative estimate of drug-likeness (QED) is 0.454. The maximum Gasteiger partial charge on any atom is 0.195 e. The second kappa shape index (κ2) is 3.65. The van der Waals surface area contributed by atoms with Crippen LogP contribution in [0.1, 0.15) is 5.89 Å². The van der Waals surface area contributed by atoms with Gasteiger partial charge in [0.2, 0.25) is 0 Å². The van der Waals surface area contributed by atoms with Crippen LogP contribution in [0.4, 0.5) is 0 Å². The first-order valence-electron chi connectivity index (χ1n) is 5.95. The molecule has 0 aliphatic rings. The summed E-state index contributed by atoms with van der Waals surface area (Å²) in [4.78, 5) is 16.8. The van der Waals surface area contributed by atoms with Crippen LogP contribution in [-0.4, -0.2) is 4.98 Å². The molecule has 0 amide bonds. The molecule has 2 aromatic carbocycles. The van der Waals surface area contributed by atoms with Gasteiger partial charge in [0.25, 0.3) is 0 Å². The summed E-state index contributed by atoms with van der Waals surface area (Å²) in [6.45, 7) is 1.81. The predicted octanol–water partition coefficient (Wildman–Crippen LogP) is 3.86. The number of nitrogens with zero attached hydrogens (tertiary/aromatic N) is 1. The van der Waals surface area contributed by atoms with Crippen molar-refractivity contribution >= 4 is 42.6 Å². The molecule has 4 aromatic rings. The van der Waals surface area contributed by atoms with Crippen molar-refractivity contribution in [2.75, 3.05) is 0 Å². The Balaban J connectivity index is 2.28. The maximum atomic E-state index is 12.5. The van der Waals surface area contributed by atoms with Crippen LogP contribution in [0, 0.1) is 6.92 Å². The van der Waals surface area contributed by atoms with Gasteiger partial charge in [-0.2, -0.15) is 0 Å². The van der Waals surface area contributed by atoms with E-state index in [4.69, 9.17) is 4.42 Å². The largest absolute Gasteiger partial charge is 0.441 e. The number of rotatable bonds is 0. The molecule has 0 aliphatic heterocycles. The zero-order valence-electron chi connectivity index (χ0n) is 10.1. The summed E-state index contributed by atoms with van der Waals surface area (Å²) in [5.41, 5.74) is 1.53. The molecule has 2 heterocycles. The van der Waals surface area contributed by atoms with E-state index in [1.54, 1.807) is 11.3 Å².